The second-order valence-electron chi connectivity index (χ2n) is 9.69. The number of likely N-dealkylation sites (tertiary alicyclic amines) is 1. The fraction of sp³-hybridized carbons (Fsp3) is 0.462. The molecule has 3 N–H and O–H groups in total. The maximum Gasteiger partial charge on any atom is 0.255 e. The number of carbonyl (C=O) groups excluding carboxylic acids is 2. The van der Waals surface area contributed by atoms with E-state index in [9.17, 15) is 19.1 Å². The summed E-state index contributed by atoms with van der Waals surface area (Å²) in [6.45, 7) is 2.37. The molecule has 2 amide bonds. The van der Waals surface area contributed by atoms with Crippen LogP contribution in [0.1, 0.15) is 28.9 Å². The topological polar surface area (TPSA) is 139 Å². The van der Waals surface area contributed by atoms with Gasteiger partial charge in [-0.2, -0.15) is 0 Å². The summed E-state index contributed by atoms with van der Waals surface area (Å²) in [5.74, 6) is -0.356. The Labute approximate surface area is 218 Å². The predicted molar refractivity (Wildman–Crippen MR) is 135 cm³/mol. The molecule has 0 spiro atoms. The average Bonchev–Trinajstić information content (AvgIpc) is 3.56. The van der Waals surface area contributed by atoms with Crippen LogP contribution in [-0.2, 0) is 9.53 Å². The number of nitrogens with one attached hydrogen (secondary N) is 2. The molecule has 2 aromatic heterocycles. The van der Waals surface area contributed by atoms with E-state index in [1.165, 1.54) is 37.6 Å². The van der Waals surface area contributed by atoms with Crippen LogP contribution in [0.3, 0.4) is 0 Å². The Hall–Kier alpha value is -3.77. The first-order valence-electron chi connectivity index (χ1n) is 12.4. The number of aliphatic hydroxyl groups is 1. The van der Waals surface area contributed by atoms with E-state index in [-0.39, 0.29) is 36.9 Å². The number of ether oxygens (including phenoxy) is 3. The summed E-state index contributed by atoms with van der Waals surface area (Å²) in [5.41, 5.74) is 2.36. The first-order valence-corrected chi connectivity index (χ1v) is 12.4. The first kappa shape index (κ1) is 25.9. The quantitative estimate of drug-likeness (QED) is 0.383. The van der Waals surface area contributed by atoms with Crippen LogP contribution >= 0.6 is 0 Å². The van der Waals surface area contributed by atoms with Gasteiger partial charge in [0.2, 0.25) is 5.91 Å². The lowest BCUT2D eigenvalue weighted by molar-refractivity contribution is -0.134. The van der Waals surface area contributed by atoms with Crippen LogP contribution in [0.4, 0.5) is 4.39 Å². The summed E-state index contributed by atoms with van der Waals surface area (Å²) in [7, 11) is 2.81. The van der Waals surface area contributed by atoms with E-state index in [0.29, 0.717) is 46.3 Å². The Morgan fingerprint density at radius 3 is 2.71 bits per heavy atom. The number of halogens is 1. The van der Waals surface area contributed by atoms with Crippen LogP contribution in [0.2, 0.25) is 0 Å². The van der Waals surface area contributed by atoms with E-state index in [4.69, 9.17) is 14.2 Å². The smallest absolute Gasteiger partial charge is 0.255 e. The Morgan fingerprint density at radius 1 is 1.21 bits per heavy atom. The molecule has 12 heteroatoms. The number of amides is 2. The molecule has 2 fully saturated rings. The molecular weight excluding hydrogens is 497 g/mol. The molecule has 3 heterocycles. The molecule has 1 aliphatic carbocycles. The molecule has 5 rings (SSSR count). The lowest BCUT2D eigenvalue weighted by Crippen LogP contribution is -2.43. The molecule has 2 aliphatic rings. The fourth-order valence-electron chi connectivity index (χ4n) is 4.68. The SMILES string of the molecule is COCC(=O)N1C[C@@H](O)[C@H](NC(=O)c2c(C)[nH]c3c(-c4cc(F)c(OC)cc4OCC4CC4)ncnc23)C1. The first-order chi connectivity index (χ1) is 18.3. The maximum atomic E-state index is 14.8. The van der Waals surface area contributed by atoms with E-state index in [1.54, 1.807) is 6.92 Å². The van der Waals surface area contributed by atoms with Crippen LogP contribution in [-0.4, -0.2) is 89.4 Å². The zero-order valence-corrected chi connectivity index (χ0v) is 21.4. The molecule has 0 bridgehead atoms. The number of aryl methyl sites for hydroxylation is 1. The third kappa shape index (κ3) is 5.01. The number of nitrogens with zero attached hydrogens (tertiary/aromatic N) is 3. The summed E-state index contributed by atoms with van der Waals surface area (Å²) in [6, 6.07) is 2.15. The van der Waals surface area contributed by atoms with Crippen molar-refractivity contribution in [1.82, 2.24) is 25.2 Å². The molecule has 1 aromatic carbocycles. The molecule has 1 aliphatic heterocycles. The van der Waals surface area contributed by atoms with Crippen molar-refractivity contribution in [2.24, 2.45) is 5.92 Å². The zero-order valence-electron chi connectivity index (χ0n) is 21.4. The Morgan fingerprint density at radius 2 is 2.00 bits per heavy atom. The van der Waals surface area contributed by atoms with Crippen LogP contribution in [0.15, 0.2) is 18.5 Å². The predicted octanol–water partition coefficient (Wildman–Crippen LogP) is 1.82. The monoisotopic (exact) mass is 527 g/mol. The standard InChI is InChI=1S/C26H30FN5O6/c1-13-22(26(35)31-17-8-32(9-18(17)33)21(34)11-36-2)24-25(30-13)23(28-12-29-24)15-6-16(27)20(37-3)7-19(15)38-10-14-4-5-14/h6-7,12,14,17-18,30,33H,4-5,8-11H2,1-3H3,(H,31,35)/t17-,18-/m1/s1. The van der Waals surface area contributed by atoms with Gasteiger partial charge in [0.15, 0.2) is 11.6 Å². The van der Waals surface area contributed by atoms with Crippen molar-refractivity contribution in [3.05, 3.63) is 35.5 Å². The molecule has 202 valence electrons. The Kier molecular flexibility index (Phi) is 7.17. The summed E-state index contributed by atoms with van der Waals surface area (Å²) in [6.07, 6.45) is 2.56. The number of β-amino-alcohol motifs (C(OH)–C–C–N with tert-alkyl or cyclic N) is 1. The highest BCUT2D eigenvalue weighted by molar-refractivity contribution is 6.09. The van der Waals surface area contributed by atoms with Gasteiger partial charge in [0, 0.05) is 37.5 Å². The van der Waals surface area contributed by atoms with Crippen LogP contribution in [0.25, 0.3) is 22.3 Å². The van der Waals surface area contributed by atoms with Gasteiger partial charge < -0.3 is 34.5 Å². The minimum atomic E-state index is -0.927. The molecule has 0 radical (unpaired) electrons. The lowest BCUT2D eigenvalue weighted by Gasteiger charge is -2.16. The van der Waals surface area contributed by atoms with E-state index < -0.39 is 23.9 Å². The summed E-state index contributed by atoms with van der Waals surface area (Å²) >= 11 is 0. The van der Waals surface area contributed by atoms with Crippen molar-refractivity contribution in [1.29, 1.82) is 0 Å². The van der Waals surface area contributed by atoms with Crippen molar-refractivity contribution in [3.8, 4) is 22.8 Å². The number of methoxy groups -OCH3 is 2. The molecule has 1 saturated heterocycles. The Balaban J connectivity index is 1.46. The molecule has 11 nitrogen and oxygen atoms in total. The van der Waals surface area contributed by atoms with Gasteiger partial charge in [0.25, 0.3) is 5.91 Å². The third-order valence-corrected chi connectivity index (χ3v) is 6.91. The summed E-state index contributed by atoms with van der Waals surface area (Å²) in [5, 5.41) is 13.3. The molecule has 1 saturated carbocycles. The van der Waals surface area contributed by atoms with Crippen LogP contribution in [0.5, 0.6) is 11.5 Å². The van der Waals surface area contributed by atoms with Crippen LogP contribution in [0, 0.1) is 18.7 Å². The highest BCUT2D eigenvalue weighted by atomic mass is 19.1. The number of aliphatic hydroxyl groups excluding tert-OH is 1. The van der Waals surface area contributed by atoms with Gasteiger partial charge in [-0.3, -0.25) is 9.59 Å². The minimum Gasteiger partial charge on any atom is -0.494 e. The van der Waals surface area contributed by atoms with E-state index >= 15 is 0 Å². The minimum absolute atomic E-state index is 0.0562. The average molecular weight is 528 g/mol. The highest BCUT2D eigenvalue weighted by Crippen LogP contribution is 2.39. The van der Waals surface area contributed by atoms with Crippen molar-refractivity contribution >= 4 is 22.8 Å². The van der Waals surface area contributed by atoms with Crippen molar-refractivity contribution in [3.63, 3.8) is 0 Å². The van der Waals surface area contributed by atoms with Crippen molar-refractivity contribution in [2.45, 2.75) is 31.9 Å². The number of H-pyrrole nitrogens is 1. The number of benzene rings is 1. The maximum absolute atomic E-state index is 14.8. The summed E-state index contributed by atoms with van der Waals surface area (Å²) < 4.78 is 30.8. The van der Waals surface area contributed by atoms with Gasteiger partial charge >= 0.3 is 0 Å². The number of carbonyl (C=O) groups is 2. The number of aromatic amines is 1. The second kappa shape index (κ2) is 10.5. The Bertz CT molecular complexity index is 1370. The van der Waals surface area contributed by atoms with Gasteiger partial charge in [-0.25, -0.2) is 14.4 Å². The normalized spacial score (nSPS) is 19.1. The largest absolute Gasteiger partial charge is 0.494 e. The van der Waals surface area contributed by atoms with Gasteiger partial charge in [-0.15, -0.1) is 0 Å². The molecule has 2 atom stereocenters. The summed E-state index contributed by atoms with van der Waals surface area (Å²) in [4.78, 5) is 38.8. The van der Waals surface area contributed by atoms with Gasteiger partial charge in [0.1, 0.15) is 29.9 Å². The van der Waals surface area contributed by atoms with Gasteiger partial charge in [0.05, 0.1) is 36.9 Å². The second-order valence-corrected chi connectivity index (χ2v) is 9.69. The molecule has 3 aromatic rings. The molecule has 38 heavy (non-hydrogen) atoms. The number of rotatable bonds is 9. The van der Waals surface area contributed by atoms with Gasteiger partial charge in [-0.1, -0.05) is 0 Å². The number of hydrogen-bond donors (Lipinski definition) is 3. The van der Waals surface area contributed by atoms with E-state index in [2.05, 4.69) is 20.3 Å². The van der Waals surface area contributed by atoms with E-state index in [0.717, 1.165) is 12.8 Å². The number of hydrogen-bond acceptors (Lipinski definition) is 8. The van der Waals surface area contributed by atoms with Crippen LogP contribution < -0.4 is 14.8 Å². The van der Waals surface area contributed by atoms with Gasteiger partial charge in [-0.05, 0) is 31.7 Å². The van der Waals surface area contributed by atoms with Crippen molar-refractivity contribution in [2.75, 3.05) is 40.5 Å². The number of fused-ring (bicyclic) bond motifs is 1. The van der Waals surface area contributed by atoms with E-state index in [1.807, 2.05) is 0 Å². The third-order valence-electron chi connectivity index (χ3n) is 6.91. The fourth-order valence-corrected chi connectivity index (χ4v) is 4.68. The molecule has 0 unspecified atom stereocenters. The lowest BCUT2D eigenvalue weighted by atomic mass is 10.1. The number of aromatic nitrogens is 3. The van der Waals surface area contributed by atoms with Crippen molar-refractivity contribution < 1.29 is 33.3 Å². The zero-order chi connectivity index (χ0) is 27.0. The highest BCUT2D eigenvalue weighted by Gasteiger charge is 2.36. The molecular formula is C26H30FN5O6.